The highest BCUT2D eigenvalue weighted by Gasteiger charge is 2.62. The molecule has 182 valence electrons. The summed E-state index contributed by atoms with van der Waals surface area (Å²) >= 11 is 0. The van der Waals surface area contributed by atoms with Crippen LogP contribution in [0.5, 0.6) is 0 Å². The fraction of sp³-hybridized carbons (Fsp3) is 0.923. The summed E-state index contributed by atoms with van der Waals surface area (Å²) in [6, 6.07) is 0. The number of aliphatic hydroxyl groups is 2. The van der Waals surface area contributed by atoms with E-state index in [9.17, 15) is 19.8 Å². The van der Waals surface area contributed by atoms with Crippen LogP contribution in [0.2, 0.25) is 0 Å². The van der Waals surface area contributed by atoms with Gasteiger partial charge in [0.2, 0.25) is 5.91 Å². The van der Waals surface area contributed by atoms with Gasteiger partial charge in [0, 0.05) is 6.42 Å². The second-order valence-electron chi connectivity index (χ2n) is 12.1. The molecule has 0 spiro atoms. The molecule has 6 heteroatoms. The molecule has 0 aromatic heterocycles. The normalized spacial score (nSPS) is 46.5. The number of carbonyl (C=O) groups excluding carboxylic acids is 1. The molecule has 0 radical (unpaired) electrons. The number of hydrogen-bond acceptors (Lipinski definition) is 4. The van der Waals surface area contributed by atoms with Gasteiger partial charge in [-0.05, 0) is 104 Å². The van der Waals surface area contributed by atoms with Crippen LogP contribution in [0.15, 0.2) is 0 Å². The Morgan fingerprint density at radius 1 is 1.00 bits per heavy atom. The maximum Gasteiger partial charge on any atom is 0.322 e. The lowest BCUT2D eigenvalue weighted by Crippen LogP contribution is -2.58. The van der Waals surface area contributed by atoms with Gasteiger partial charge in [0.15, 0.2) is 0 Å². The third kappa shape index (κ3) is 4.11. The Balaban J connectivity index is 1.44. The second kappa shape index (κ2) is 8.90. The Labute approximate surface area is 192 Å². The number of fused-ring (bicyclic) bond motifs is 5. The summed E-state index contributed by atoms with van der Waals surface area (Å²) in [5.41, 5.74) is 0.451. The van der Waals surface area contributed by atoms with Crippen LogP contribution in [0.4, 0.5) is 0 Å². The highest BCUT2D eigenvalue weighted by atomic mass is 16.4. The fourth-order valence-electron chi connectivity index (χ4n) is 9.00. The van der Waals surface area contributed by atoms with E-state index in [1.54, 1.807) is 0 Å². The maximum absolute atomic E-state index is 12.0. The van der Waals surface area contributed by atoms with Gasteiger partial charge in [-0.15, -0.1) is 0 Å². The summed E-state index contributed by atoms with van der Waals surface area (Å²) in [7, 11) is 0. The first-order chi connectivity index (χ1) is 15.1. The van der Waals surface area contributed by atoms with Gasteiger partial charge in [-0.1, -0.05) is 20.8 Å². The Hall–Kier alpha value is -1.14. The quantitative estimate of drug-likeness (QED) is 0.496. The van der Waals surface area contributed by atoms with Crippen LogP contribution in [0.3, 0.4) is 0 Å². The molecule has 4 fully saturated rings. The first kappa shape index (κ1) is 24.0. The standard InChI is InChI=1S/C26H43NO5/c1-15(4-7-22(30)27-14-23(31)32)18-5-6-19-24-20(9-11-26(18,19)3)25(2)10-8-17(28)12-16(25)13-21(24)29/h15-21,24,28-29H,4-14H2,1-3H3,(H,27,30)(H,31,32)/t15?,16-,17+,18+,19-,20-,21-,24-,25-,26+/m0/s1. The summed E-state index contributed by atoms with van der Waals surface area (Å²) in [5, 5.41) is 32.8. The topological polar surface area (TPSA) is 107 Å². The van der Waals surface area contributed by atoms with Crippen molar-refractivity contribution in [2.45, 2.75) is 97.2 Å². The van der Waals surface area contributed by atoms with Crippen LogP contribution in [0.25, 0.3) is 0 Å². The molecular formula is C26H43NO5. The summed E-state index contributed by atoms with van der Waals surface area (Å²) in [6.45, 7) is 6.83. The van der Waals surface area contributed by atoms with E-state index in [1.807, 2.05) is 0 Å². The van der Waals surface area contributed by atoms with Gasteiger partial charge in [0.05, 0.1) is 12.2 Å². The van der Waals surface area contributed by atoms with Crippen LogP contribution >= 0.6 is 0 Å². The Morgan fingerprint density at radius 2 is 1.69 bits per heavy atom. The maximum atomic E-state index is 12.0. The van der Waals surface area contributed by atoms with Gasteiger partial charge < -0.3 is 20.6 Å². The SMILES string of the molecule is CC(CCC(=O)NCC(=O)O)[C@H]1CC[C@H]2[C@@H]3[C@@H](O)C[C@@H]4C[C@H](O)CC[C@]4(C)[C@H]3CC[C@]12C. The molecule has 0 bridgehead atoms. The minimum Gasteiger partial charge on any atom is -0.480 e. The van der Waals surface area contributed by atoms with E-state index in [-0.39, 0.29) is 35.5 Å². The molecule has 4 N–H and O–H groups in total. The zero-order valence-electron chi connectivity index (χ0n) is 20.1. The first-order valence-electron chi connectivity index (χ1n) is 12.9. The Morgan fingerprint density at radius 3 is 2.41 bits per heavy atom. The van der Waals surface area contributed by atoms with Crippen molar-refractivity contribution in [3.63, 3.8) is 0 Å². The number of amides is 1. The summed E-state index contributed by atoms with van der Waals surface area (Å²) in [5.74, 6) is 1.66. The smallest absolute Gasteiger partial charge is 0.322 e. The van der Waals surface area contributed by atoms with Gasteiger partial charge in [0.1, 0.15) is 6.54 Å². The molecule has 1 amide bonds. The number of carboxylic acids is 1. The second-order valence-corrected chi connectivity index (χ2v) is 12.1. The molecule has 4 saturated carbocycles. The van der Waals surface area contributed by atoms with Crippen molar-refractivity contribution in [1.82, 2.24) is 5.32 Å². The monoisotopic (exact) mass is 449 g/mol. The molecule has 4 aliphatic rings. The Kier molecular flexibility index (Phi) is 6.68. The zero-order valence-corrected chi connectivity index (χ0v) is 20.1. The van der Waals surface area contributed by atoms with Crippen LogP contribution < -0.4 is 5.32 Å². The van der Waals surface area contributed by atoms with Crippen molar-refractivity contribution in [3.05, 3.63) is 0 Å². The molecule has 6 nitrogen and oxygen atoms in total. The number of aliphatic hydroxyl groups excluding tert-OH is 2. The Bertz CT molecular complexity index is 727. The highest BCUT2D eigenvalue weighted by molar-refractivity contribution is 5.81. The minimum atomic E-state index is -1.01. The average Bonchev–Trinajstić information content (AvgIpc) is 3.09. The van der Waals surface area contributed by atoms with Crippen LogP contribution in [-0.2, 0) is 9.59 Å². The largest absolute Gasteiger partial charge is 0.480 e. The predicted octanol–water partition coefficient (Wildman–Crippen LogP) is 3.59. The lowest BCUT2D eigenvalue weighted by molar-refractivity contribution is -0.174. The van der Waals surface area contributed by atoms with E-state index in [1.165, 1.54) is 12.8 Å². The molecule has 4 rings (SSSR count). The molecule has 0 heterocycles. The van der Waals surface area contributed by atoms with Crippen molar-refractivity contribution in [3.8, 4) is 0 Å². The number of carboxylic acid groups (broad SMARTS) is 1. The lowest BCUT2D eigenvalue weighted by atomic mass is 9.43. The molecule has 32 heavy (non-hydrogen) atoms. The molecule has 0 aliphatic heterocycles. The predicted molar refractivity (Wildman–Crippen MR) is 122 cm³/mol. The molecule has 1 unspecified atom stereocenters. The van der Waals surface area contributed by atoms with E-state index in [0.29, 0.717) is 41.9 Å². The summed E-state index contributed by atoms with van der Waals surface area (Å²) in [6.07, 6.45) is 9.06. The van der Waals surface area contributed by atoms with Gasteiger partial charge in [-0.25, -0.2) is 0 Å². The van der Waals surface area contributed by atoms with Crippen LogP contribution in [0, 0.1) is 46.3 Å². The van der Waals surface area contributed by atoms with Gasteiger partial charge in [-0.3, -0.25) is 9.59 Å². The van der Waals surface area contributed by atoms with Gasteiger partial charge in [-0.2, -0.15) is 0 Å². The number of carbonyl (C=O) groups is 2. The van der Waals surface area contributed by atoms with E-state index in [2.05, 4.69) is 26.1 Å². The van der Waals surface area contributed by atoms with Crippen molar-refractivity contribution in [1.29, 1.82) is 0 Å². The number of aliphatic carboxylic acids is 1. The molecule has 4 aliphatic carbocycles. The van der Waals surface area contributed by atoms with E-state index >= 15 is 0 Å². The highest BCUT2D eigenvalue weighted by Crippen LogP contribution is 2.68. The number of rotatable bonds is 6. The molecular weight excluding hydrogens is 406 g/mol. The van der Waals surface area contributed by atoms with Crippen molar-refractivity contribution in [2.75, 3.05) is 6.54 Å². The molecule has 0 aromatic rings. The molecule has 0 aromatic carbocycles. The fourth-order valence-corrected chi connectivity index (χ4v) is 9.00. The zero-order chi connectivity index (χ0) is 23.3. The van der Waals surface area contributed by atoms with Gasteiger partial charge in [0.25, 0.3) is 0 Å². The number of nitrogens with one attached hydrogen (secondary N) is 1. The van der Waals surface area contributed by atoms with Crippen LogP contribution in [0.1, 0.15) is 85.0 Å². The lowest BCUT2D eigenvalue weighted by Gasteiger charge is -2.62. The molecule has 0 saturated heterocycles. The van der Waals surface area contributed by atoms with Crippen molar-refractivity contribution >= 4 is 11.9 Å². The van der Waals surface area contributed by atoms with Gasteiger partial charge >= 0.3 is 5.97 Å². The summed E-state index contributed by atoms with van der Waals surface area (Å²) in [4.78, 5) is 22.7. The molecule has 10 atom stereocenters. The summed E-state index contributed by atoms with van der Waals surface area (Å²) < 4.78 is 0. The van der Waals surface area contributed by atoms with E-state index < -0.39 is 5.97 Å². The van der Waals surface area contributed by atoms with Crippen molar-refractivity contribution < 1.29 is 24.9 Å². The first-order valence-corrected chi connectivity index (χ1v) is 12.9. The minimum absolute atomic E-state index is 0.177. The van der Waals surface area contributed by atoms with Crippen molar-refractivity contribution in [2.24, 2.45) is 46.3 Å². The average molecular weight is 450 g/mol. The van der Waals surface area contributed by atoms with E-state index in [4.69, 9.17) is 5.11 Å². The third-order valence-electron chi connectivity index (χ3n) is 10.7. The van der Waals surface area contributed by atoms with Crippen LogP contribution in [-0.4, -0.2) is 45.9 Å². The number of hydrogen-bond donors (Lipinski definition) is 4. The van der Waals surface area contributed by atoms with E-state index in [0.717, 1.165) is 44.9 Å². The third-order valence-corrected chi connectivity index (χ3v) is 10.7.